The number of rotatable bonds is 8. The molecule has 1 rings (SSSR count). The van der Waals surface area contributed by atoms with E-state index in [4.69, 9.17) is 10.2 Å². The molecule has 21 heavy (non-hydrogen) atoms. The monoisotopic (exact) mass is 300 g/mol. The molecule has 0 aliphatic rings. The highest BCUT2D eigenvalue weighted by Crippen LogP contribution is 2.28. The van der Waals surface area contributed by atoms with Gasteiger partial charge in [-0.2, -0.15) is 0 Å². The van der Waals surface area contributed by atoms with E-state index in [1.54, 1.807) is 0 Å². The van der Waals surface area contributed by atoms with Crippen molar-refractivity contribution in [2.45, 2.75) is 19.8 Å². The third-order valence-electron chi connectivity index (χ3n) is 3.21. The highest BCUT2D eigenvalue weighted by molar-refractivity contribution is 5.90. The first kappa shape index (κ1) is 16.8. The first-order valence-corrected chi connectivity index (χ1v) is 6.46. The third-order valence-corrected chi connectivity index (χ3v) is 3.21. The van der Waals surface area contributed by atoms with Gasteiger partial charge in [-0.05, 0) is 18.4 Å². The summed E-state index contributed by atoms with van der Waals surface area (Å²) in [7, 11) is 0. The van der Waals surface area contributed by atoms with Crippen LogP contribution >= 0.6 is 0 Å². The number of nitro groups is 1. The van der Waals surface area contributed by atoms with Crippen molar-refractivity contribution in [1.82, 2.24) is 0 Å². The average Bonchev–Trinajstić information content (AvgIpc) is 2.43. The SMILES string of the molecule is CCC(CCO)CNc1cc(C(=O)O)c(F)cc1[N+](=O)[O-]. The normalized spacial score (nSPS) is 12.0. The minimum Gasteiger partial charge on any atom is -0.478 e. The summed E-state index contributed by atoms with van der Waals surface area (Å²) in [6, 6.07) is 1.51. The lowest BCUT2D eigenvalue weighted by atomic mass is 10.0. The molecule has 0 aromatic heterocycles. The predicted octanol–water partition coefficient (Wildman–Crippen LogP) is 2.25. The summed E-state index contributed by atoms with van der Waals surface area (Å²) >= 11 is 0. The molecule has 1 unspecified atom stereocenters. The molecule has 0 spiro atoms. The van der Waals surface area contributed by atoms with Gasteiger partial charge in [-0.1, -0.05) is 13.3 Å². The minimum absolute atomic E-state index is 0.00786. The topological polar surface area (TPSA) is 113 Å². The number of benzene rings is 1. The van der Waals surface area contributed by atoms with Gasteiger partial charge in [0.2, 0.25) is 0 Å². The zero-order valence-electron chi connectivity index (χ0n) is 11.5. The summed E-state index contributed by atoms with van der Waals surface area (Å²) in [6.07, 6.45) is 1.26. The maximum Gasteiger partial charge on any atom is 0.338 e. The lowest BCUT2D eigenvalue weighted by Gasteiger charge is -2.15. The molecule has 7 nitrogen and oxygen atoms in total. The van der Waals surface area contributed by atoms with Crippen LogP contribution in [0.3, 0.4) is 0 Å². The number of carboxylic acids is 1. The van der Waals surface area contributed by atoms with Crippen LogP contribution in [0.25, 0.3) is 0 Å². The van der Waals surface area contributed by atoms with Gasteiger partial charge in [-0.25, -0.2) is 9.18 Å². The van der Waals surface area contributed by atoms with Crippen LogP contribution in [0.2, 0.25) is 0 Å². The van der Waals surface area contributed by atoms with Crippen LogP contribution in [0.15, 0.2) is 12.1 Å². The van der Waals surface area contributed by atoms with Gasteiger partial charge in [0.1, 0.15) is 11.5 Å². The minimum atomic E-state index is -1.49. The molecule has 0 saturated carbocycles. The number of anilines is 1. The van der Waals surface area contributed by atoms with Gasteiger partial charge in [0, 0.05) is 13.2 Å². The van der Waals surface area contributed by atoms with Gasteiger partial charge >= 0.3 is 5.97 Å². The molecule has 0 amide bonds. The van der Waals surface area contributed by atoms with E-state index >= 15 is 0 Å². The summed E-state index contributed by atoms with van der Waals surface area (Å²) in [5.41, 5.74) is -1.19. The van der Waals surface area contributed by atoms with Crippen LogP contribution in [0.4, 0.5) is 15.8 Å². The maximum absolute atomic E-state index is 13.5. The molecule has 0 heterocycles. The number of aliphatic hydroxyl groups is 1. The number of halogens is 1. The Kier molecular flexibility index (Phi) is 6.04. The molecule has 8 heteroatoms. The van der Waals surface area contributed by atoms with Crippen molar-refractivity contribution >= 4 is 17.3 Å². The Hall–Kier alpha value is -2.22. The Morgan fingerprint density at radius 1 is 1.52 bits per heavy atom. The van der Waals surface area contributed by atoms with Gasteiger partial charge in [-0.15, -0.1) is 0 Å². The van der Waals surface area contributed by atoms with Gasteiger partial charge in [-0.3, -0.25) is 10.1 Å². The standard InChI is InChI=1S/C13H17FN2O5/c1-2-8(3-4-17)7-15-11-5-9(13(18)19)10(14)6-12(11)16(20)21/h5-6,8,15,17H,2-4,7H2,1H3,(H,18,19). The van der Waals surface area contributed by atoms with Crippen LogP contribution in [-0.2, 0) is 0 Å². The van der Waals surface area contributed by atoms with E-state index in [1.165, 1.54) is 0 Å². The summed E-state index contributed by atoms with van der Waals surface area (Å²) < 4.78 is 13.5. The Morgan fingerprint density at radius 3 is 2.67 bits per heavy atom. The number of nitrogens with zero attached hydrogens (tertiary/aromatic N) is 1. The predicted molar refractivity (Wildman–Crippen MR) is 74.0 cm³/mol. The average molecular weight is 300 g/mol. The van der Waals surface area contributed by atoms with E-state index in [1.807, 2.05) is 6.92 Å². The molecule has 1 aromatic rings. The van der Waals surface area contributed by atoms with Crippen molar-refractivity contribution in [2.24, 2.45) is 5.92 Å². The molecule has 1 aromatic carbocycles. The number of nitrogens with one attached hydrogen (secondary N) is 1. The zero-order chi connectivity index (χ0) is 16.0. The zero-order valence-corrected chi connectivity index (χ0v) is 11.5. The smallest absolute Gasteiger partial charge is 0.338 e. The van der Waals surface area contributed by atoms with Gasteiger partial charge in [0.05, 0.1) is 16.6 Å². The molecule has 0 aliphatic carbocycles. The molecule has 0 aliphatic heterocycles. The van der Waals surface area contributed by atoms with Crippen LogP contribution in [-0.4, -0.2) is 34.3 Å². The molecule has 0 bridgehead atoms. The Labute approximate surface area is 120 Å². The van der Waals surface area contributed by atoms with E-state index in [9.17, 15) is 19.3 Å². The lowest BCUT2D eigenvalue weighted by Crippen LogP contribution is -2.16. The van der Waals surface area contributed by atoms with Crippen LogP contribution in [0, 0.1) is 21.8 Å². The highest BCUT2D eigenvalue weighted by Gasteiger charge is 2.22. The van der Waals surface area contributed by atoms with E-state index in [2.05, 4.69) is 5.32 Å². The first-order valence-electron chi connectivity index (χ1n) is 6.46. The fourth-order valence-electron chi connectivity index (χ4n) is 1.91. The second-order valence-corrected chi connectivity index (χ2v) is 4.58. The highest BCUT2D eigenvalue weighted by atomic mass is 19.1. The number of hydrogen-bond donors (Lipinski definition) is 3. The van der Waals surface area contributed by atoms with Crippen LogP contribution in [0.5, 0.6) is 0 Å². The lowest BCUT2D eigenvalue weighted by molar-refractivity contribution is -0.384. The van der Waals surface area contributed by atoms with Gasteiger partial charge < -0.3 is 15.5 Å². The summed E-state index contributed by atoms with van der Waals surface area (Å²) in [6.45, 7) is 2.22. The number of aromatic carboxylic acids is 1. The third kappa shape index (κ3) is 4.38. The van der Waals surface area contributed by atoms with Crippen molar-refractivity contribution in [3.63, 3.8) is 0 Å². The van der Waals surface area contributed by atoms with Crippen molar-refractivity contribution < 1.29 is 24.3 Å². The largest absolute Gasteiger partial charge is 0.478 e. The van der Waals surface area contributed by atoms with Crippen molar-refractivity contribution in [3.05, 3.63) is 33.6 Å². The second kappa shape index (κ2) is 7.53. The van der Waals surface area contributed by atoms with Gasteiger partial charge in [0.25, 0.3) is 5.69 Å². The molecular weight excluding hydrogens is 283 g/mol. The van der Waals surface area contributed by atoms with Crippen molar-refractivity contribution in [1.29, 1.82) is 0 Å². The van der Waals surface area contributed by atoms with Crippen LogP contribution < -0.4 is 5.32 Å². The van der Waals surface area contributed by atoms with Crippen molar-refractivity contribution in [3.8, 4) is 0 Å². The summed E-state index contributed by atoms with van der Waals surface area (Å²) in [5, 5.41) is 31.4. The fraction of sp³-hybridized carbons (Fsp3) is 0.462. The summed E-state index contributed by atoms with van der Waals surface area (Å²) in [4.78, 5) is 21.0. The molecule has 0 fully saturated rings. The van der Waals surface area contributed by atoms with E-state index in [0.29, 0.717) is 19.0 Å². The molecule has 3 N–H and O–H groups in total. The van der Waals surface area contributed by atoms with E-state index in [-0.39, 0.29) is 18.2 Å². The number of carbonyl (C=O) groups is 1. The Morgan fingerprint density at radius 2 is 2.19 bits per heavy atom. The van der Waals surface area contributed by atoms with E-state index in [0.717, 1.165) is 12.5 Å². The molecule has 0 radical (unpaired) electrons. The number of aliphatic hydroxyl groups excluding tert-OH is 1. The second-order valence-electron chi connectivity index (χ2n) is 4.58. The van der Waals surface area contributed by atoms with Crippen molar-refractivity contribution in [2.75, 3.05) is 18.5 Å². The number of nitro benzene ring substituents is 1. The Balaban J connectivity index is 3.05. The Bertz CT molecular complexity index is 536. The number of hydrogen-bond acceptors (Lipinski definition) is 5. The molecule has 1 atom stereocenters. The fourth-order valence-corrected chi connectivity index (χ4v) is 1.91. The summed E-state index contributed by atoms with van der Waals surface area (Å²) in [5.74, 6) is -2.57. The van der Waals surface area contributed by atoms with Gasteiger partial charge in [0.15, 0.2) is 0 Å². The molecular formula is C13H17FN2O5. The molecule has 116 valence electrons. The maximum atomic E-state index is 13.5. The quantitative estimate of drug-likeness (QED) is 0.501. The van der Waals surface area contributed by atoms with Crippen LogP contribution in [0.1, 0.15) is 30.1 Å². The molecule has 0 saturated heterocycles. The first-order chi connectivity index (χ1) is 9.90. The number of carboxylic acid groups (broad SMARTS) is 1. The van der Waals surface area contributed by atoms with E-state index < -0.39 is 28.0 Å².